The largest absolute Gasteiger partial charge is 0.334 e. The van der Waals surface area contributed by atoms with Gasteiger partial charge in [-0.05, 0) is 40.5 Å². The molecule has 150 valence electrons. The summed E-state index contributed by atoms with van der Waals surface area (Å²) < 4.78 is 1.15. The maximum Gasteiger partial charge on any atom is 0.321 e. The van der Waals surface area contributed by atoms with E-state index in [4.69, 9.17) is 0 Å². The highest BCUT2D eigenvalue weighted by Gasteiger charge is 2.26. The molecule has 1 aliphatic rings. The van der Waals surface area contributed by atoms with Crippen molar-refractivity contribution in [2.75, 3.05) is 26.2 Å². The molecule has 1 atom stereocenters. The van der Waals surface area contributed by atoms with Crippen LogP contribution in [0.1, 0.15) is 17.4 Å². The van der Waals surface area contributed by atoms with E-state index in [1.807, 2.05) is 37.3 Å². The van der Waals surface area contributed by atoms with Crippen LogP contribution in [0.3, 0.4) is 0 Å². The molecule has 28 heavy (non-hydrogen) atoms. The van der Waals surface area contributed by atoms with Crippen molar-refractivity contribution in [3.8, 4) is 0 Å². The molecule has 8 heteroatoms. The quantitative estimate of drug-likeness (QED) is 0.689. The summed E-state index contributed by atoms with van der Waals surface area (Å²) in [5, 5.41) is 5.18. The number of halogens is 1. The molecule has 0 saturated carbocycles. The molecule has 1 unspecified atom stereocenters. The third-order valence-corrected chi connectivity index (χ3v) is 6.48. The monoisotopic (exact) mass is 464 g/mol. The second-order valence-corrected chi connectivity index (χ2v) is 9.40. The van der Waals surface area contributed by atoms with Crippen molar-refractivity contribution in [3.63, 3.8) is 0 Å². The number of imide groups is 1. The predicted octanol–water partition coefficient (Wildman–Crippen LogP) is 3.04. The van der Waals surface area contributed by atoms with Gasteiger partial charge in [-0.3, -0.25) is 19.9 Å². The Balaban J connectivity index is 1.39. The van der Waals surface area contributed by atoms with Gasteiger partial charge < -0.3 is 5.32 Å². The number of thiophene rings is 1. The number of benzene rings is 1. The molecule has 2 aromatic rings. The van der Waals surface area contributed by atoms with Gasteiger partial charge in [0.2, 0.25) is 5.91 Å². The number of nitrogens with one attached hydrogen (secondary N) is 2. The van der Waals surface area contributed by atoms with Crippen molar-refractivity contribution >= 4 is 39.2 Å². The van der Waals surface area contributed by atoms with E-state index < -0.39 is 6.03 Å². The van der Waals surface area contributed by atoms with Gasteiger partial charge in [0.15, 0.2) is 0 Å². The number of carbonyl (C=O) groups is 2. The maximum absolute atomic E-state index is 12.4. The van der Waals surface area contributed by atoms with Crippen LogP contribution < -0.4 is 10.6 Å². The number of nitrogens with zero attached hydrogens (tertiary/aromatic N) is 2. The Hall–Kier alpha value is -1.74. The van der Waals surface area contributed by atoms with Crippen LogP contribution in [0.25, 0.3) is 0 Å². The van der Waals surface area contributed by atoms with Crippen LogP contribution in [0.5, 0.6) is 0 Å². The summed E-state index contributed by atoms with van der Waals surface area (Å²) in [6, 6.07) is 13.0. The number of carbonyl (C=O) groups excluding carboxylic acids is 2. The van der Waals surface area contributed by atoms with Gasteiger partial charge in [0.25, 0.3) is 0 Å². The zero-order valence-electron chi connectivity index (χ0n) is 15.9. The fourth-order valence-electron chi connectivity index (χ4n) is 3.17. The van der Waals surface area contributed by atoms with Crippen molar-refractivity contribution < 1.29 is 9.59 Å². The Morgan fingerprint density at radius 3 is 2.46 bits per heavy atom. The highest BCUT2D eigenvalue weighted by Crippen LogP contribution is 2.23. The van der Waals surface area contributed by atoms with Crippen molar-refractivity contribution in [3.05, 3.63) is 56.7 Å². The molecule has 1 saturated heterocycles. The first-order valence-electron chi connectivity index (χ1n) is 9.34. The molecule has 3 rings (SSSR count). The number of amides is 3. The molecule has 1 aromatic heterocycles. The summed E-state index contributed by atoms with van der Waals surface area (Å²) >= 11 is 5.26. The van der Waals surface area contributed by atoms with E-state index in [0.717, 1.165) is 42.1 Å². The van der Waals surface area contributed by atoms with E-state index in [9.17, 15) is 9.59 Å². The fourth-order valence-corrected chi connectivity index (χ4v) is 4.70. The third kappa shape index (κ3) is 6.13. The van der Waals surface area contributed by atoms with Gasteiger partial charge in [-0.1, -0.05) is 30.3 Å². The first kappa shape index (κ1) is 21.0. The number of urea groups is 1. The van der Waals surface area contributed by atoms with Gasteiger partial charge in [0, 0.05) is 44.1 Å². The van der Waals surface area contributed by atoms with Crippen LogP contribution in [0.4, 0.5) is 4.79 Å². The molecule has 2 N–H and O–H groups in total. The van der Waals surface area contributed by atoms with Crippen molar-refractivity contribution in [1.29, 1.82) is 0 Å². The van der Waals surface area contributed by atoms with Crippen LogP contribution >= 0.6 is 27.3 Å². The Morgan fingerprint density at radius 2 is 1.82 bits per heavy atom. The topological polar surface area (TPSA) is 64.7 Å². The molecule has 1 aliphatic heterocycles. The van der Waals surface area contributed by atoms with Crippen LogP contribution in [-0.4, -0.2) is 54.0 Å². The van der Waals surface area contributed by atoms with E-state index in [-0.39, 0.29) is 11.9 Å². The third-order valence-electron chi connectivity index (χ3n) is 4.87. The molecular formula is C20H25BrN4O2S. The van der Waals surface area contributed by atoms with Crippen molar-refractivity contribution in [2.45, 2.75) is 26.1 Å². The summed E-state index contributed by atoms with van der Waals surface area (Å²) in [5.41, 5.74) is 0.993. The van der Waals surface area contributed by atoms with Gasteiger partial charge in [0.05, 0.1) is 9.83 Å². The minimum Gasteiger partial charge on any atom is -0.334 e. The average Bonchev–Trinajstić information content (AvgIpc) is 3.12. The molecule has 0 spiro atoms. The summed E-state index contributed by atoms with van der Waals surface area (Å²) in [7, 11) is 0. The Morgan fingerprint density at radius 1 is 1.11 bits per heavy atom. The fraction of sp³-hybridized carbons (Fsp3) is 0.400. The molecule has 0 radical (unpaired) electrons. The van der Waals surface area contributed by atoms with Gasteiger partial charge in [-0.15, -0.1) is 11.3 Å². The van der Waals surface area contributed by atoms with Crippen molar-refractivity contribution in [1.82, 2.24) is 20.4 Å². The van der Waals surface area contributed by atoms with E-state index in [1.165, 1.54) is 4.88 Å². The number of rotatable bonds is 6. The summed E-state index contributed by atoms with van der Waals surface area (Å²) in [4.78, 5) is 30.3. The maximum atomic E-state index is 12.4. The van der Waals surface area contributed by atoms with E-state index in [2.05, 4.69) is 48.5 Å². The van der Waals surface area contributed by atoms with E-state index in [0.29, 0.717) is 6.54 Å². The molecule has 0 bridgehead atoms. The normalized spacial score (nSPS) is 16.5. The van der Waals surface area contributed by atoms with E-state index >= 15 is 0 Å². The molecular weight excluding hydrogens is 440 g/mol. The minimum atomic E-state index is -0.456. The van der Waals surface area contributed by atoms with E-state index in [1.54, 1.807) is 11.3 Å². The summed E-state index contributed by atoms with van der Waals surface area (Å²) in [6.45, 7) is 6.63. The van der Waals surface area contributed by atoms with Crippen LogP contribution in [0, 0.1) is 0 Å². The highest BCUT2D eigenvalue weighted by atomic mass is 79.9. The molecule has 0 aliphatic carbocycles. The standard InChI is InChI=1S/C20H25BrN4O2S/c1-15(19(26)23-20(27)22-13-16-5-3-2-4-6-16)25-11-9-24(10-12-25)14-17-7-8-18(21)28-17/h2-8,15H,9-14H2,1H3,(H2,22,23,26,27). The highest BCUT2D eigenvalue weighted by molar-refractivity contribution is 9.11. The number of piperazine rings is 1. The molecule has 1 aromatic carbocycles. The molecule has 6 nitrogen and oxygen atoms in total. The van der Waals surface area contributed by atoms with Crippen molar-refractivity contribution in [2.24, 2.45) is 0 Å². The lowest BCUT2D eigenvalue weighted by atomic mass is 10.2. The molecule has 1 fully saturated rings. The predicted molar refractivity (Wildman–Crippen MR) is 115 cm³/mol. The average molecular weight is 465 g/mol. The Kier molecular flexibility index (Phi) is 7.61. The number of hydrogen-bond acceptors (Lipinski definition) is 5. The zero-order valence-corrected chi connectivity index (χ0v) is 18.3. The minimum absolute atomic E-state index is 0.263. The zero-order chi connectivity index (χ0) is 19.9. The Labute approximate surface area is 178 Å². The number of hydrogen-bond donors (Lipinski definition) is 2. The summed E-state index contributed by atoms with van der Waals surface area (Å²) in [6.07, 6.45) is 0. The smallest absolute Gasteiger partial charge is 0.321 e. The summed E-state index contributed by atoms with van der Waals surface area (Å²) in [5.74, 6) is -0.263. The second-order valence-electron chi connectivity index (χ2n) is 6.85. The lowest BCUT2D eigenvalue weighted by molar-refractivity contribution is -0.125. The Bertz CT molecular complexity index is 791. The van der Waals surface area contributed by atoms with Gasteiger partial charge in [-0.25, -0.2) is 4.79 Å². The molecule has 3 amide bonds. The van der Waals surface area contributed by atoms with Crippen LogP contribution in [0.2, 0.25) is 0 Å². The first-order valence-corrected chi connectivity index (χ1v) is 11.0. The van der Waals surface area contributed by atoms with Crippen LogP contribution in [-0.2, 0) is 17.9 Å². The second kappa shape index (κ2) is 10.2. The lowest BCUT2D eigenvalue weighted by Gasteiger charge is -2.37. The van der Waals surface area contributed by atoms with Gasteiger partial charge >= 0.3 is 6.03 Å². The van der Waals surface area contributed by atoms with Crippen LogP contribution in [0.15, 0.2) is 46.3 Å². The lowest BCUT2D eigenvalue weighted by Crippen LogP contribution is -2.55. The first-order chi connectivity index (χ1) is 13.5. The van der Waals surface area contributed by atoms with Gasteiger partial charge in [-0.2, -0.15) is 0 Å². The van der Waals surface area contributed by atoms with Gasteiger partial charge in [0.1, 0.15) is 0 Å². The molecule has 2 heterocycles. The SMILES string of the molecule is CC(C(=O)NC(=O)NCc1ccccc1)N1CCN(Cc2ccc(Br)s2)CC1.